The van der Waals surface area contributed by atoms with Crippen LogP contribution in [0.4, 0.5) is 0 Å². The van der Waals surface area contributed by atoms with Crippen molar-refractivity contribution in [3.8, 4) is 0 Å². The SMILES string of the molecule is CCCCCCCCCCC(N)c1ccc(CC)cc1. The first kappa shape index (κ1) is 17.2. The first-order valence-corrected chi connectivity index (χ1v) is 8.62. The van der Waals surface area contributed by atoms with Crippen molar-refractivity contribution in [3.63, 3.8) is 0 Å². The van der Waals surface area contributed by atoms with E-state index in [1.807, 2.05) is 0 Å². The van der Waals surface area contributed by atoms with Gasteiger partial charge in [-0.15, -0.1) is 0 Å². The van der Waals surface area contributed by atoms with Gasteiger partial charge in [0.15, 0.2) is 0 Å². The maximum absolute atomic E-state index is 6.27. The Kier molecular flexibility index (Phi) is 9.40. The van der Waals surface area contributed by atoms with Crippen LogP contribution in [-0.4, -0.2) is 0 Å². The molecule has 0 aromatic heterocycles. The number of rotatable bonds is 11. The van der Waals surface area contributed by atoms with Gasteiger partial charge in [0.1, 0.15) is 0 Å². The van der Waals surface area contributed by atoms with E-state index in [2.05, 4.69) is 38.1 Å². The predicted molar refractivity (Wildman–Crippen MR) is 90.0 cm³/mol. The molecule has 1 heteroatoms. The van der Waals surface area contributed by atoms with Gasteiger partial charge in [0.05, 0.1) is 0 Å². The molecule has 0 bridgehead atoms. The molecular weight excluding hydrogens is 242 g/mol. The number of hydrogen-bond donors (Lipinski definition) is 1. The molecule has 0 saturated heterocycles. The molecule has 0 aliphatic carbocycles. The average Bonchev–Trinajstić information content (AvgIpc) is 2.50. The fourth-order valence-electron chi connectivity index (χ4n) is 2.67. The van der Waals surface area contributed by atoms with Crippen LogP contribution in [0.25, 0.3) is 0 Å². The van der Waals surface area contributed by atoms with Gasteiger partial charge in [0.2, 0.25) is 0 Å². The quantitative estimate of drug-likeness (QED) is 0.509. The summed E-state index contributed by atoms with van der Waals surface area (Å²) in [5.74, 6) is 0. The van der Waals surface area contributed by atoms with Crippen LogP contribution in [0.15, 0.2) is 24.3 Å². The van der Waals surface area contributed by atoms with Crippen LogP contribution in [0.3, 0.4) is 0 Å². The highest BCUT2D eigenvalue weighted by Crippen LogP contribution is 2.19. The molecule has 2 N–H and O–H groups in total. The van der Waals surface area contributed by atoms with E-state index in [1.165, 1.54) is 62.5 Å². The highest BCUT2D eigenvalue weighted by Gasteiger charge is 2.05. The van der Waals surface area contributed by atoms with Crippen LogP contribution >= 0.6 is 0 Å². The van der Waals surface area contributed by atoms with E-state index < -0.39 is 0 Å². The molecule has 0 fully saturated rings. The molecule has 0 spiro atoms. The third-order valence-electron chi connectivity index (χ3n) is 4.18. The van der Waals surface area contributed by atoms with Crippen LogP contribution in [0.2, 0.25) is 0 Å². The Morgan fingerprint density at radius 3 is 1.90 bits per heavy atom. The average molecular weight is 275 g/mol. The fraction of sp³-hybridized carbons (Fsp3) is 0.684. The monoisotopic (exact) mass is 275 g/mol. The van der Waals surface area contributed by atoms with E-state index in [1.54, 1.807) is 0 Å². The molecule has 0 amide bonds. The van der Waals surface area contributed by atoms with Gasteiger partial charge in [-0.2, -0.15) is 0 Å². The maximum atomic E-state index is 6.27. The van der Waals surface area contributed by atoms with Gasteiger partial charge in [0.25, 0.3) is 0 Å². The van der Waals surface area contributed by atoms with Crippen LogP contribution in [0.5, 0.6) is 0 Å². The molecule has 114 valence electrons. The first-order chi connectivity index (χ1) is 9.77. The predicted octanol–water partition coefficient (Wildman–Crippen LogP) is 5.78. The lowest BCUT2D eigenvalue weighted by Crippen LogP contribution is -2.10. The van der Waals surface area contributed by atoms with Gasteiger partial charge in [-0.1, -0.05) is 89.5 Å². The zero-order chi connectivity index (χ0) is 14.6. The van der Waals surface area contributed by atoms with E-state index >= 15 is 0 Å². The molecule has 1 atom stereocenters. The summed E-state index contributed by atoms with van der Waals surface area (Å²) in [6.45, 7) is 4.46. The van der Waals surface area contributed by atoms with Gasteiger partial charge in [0, 0.05) is 6.04 Å². The van der Waals surface area contributed by atoms with Gasteiger partial charge in [-0.05, 0) is 24.0 Å². The van der Waals surface area contributed by atoms with Gasteiger partial charge >= 0.3 is 0 Å². The summed E-state index contributed by atoms with van der Waals surface area (Å²) in [6.07, 6.45) is 13.2. The summed E-state index contributed by atoms with van der Waals surface area (Å²) in [5, 5.41) is 0. The van der Waals surface area contributed by atoms with Crippen molar-refractivity contribution in [2.45, 2.75) is 84.1 Å². The van der Waals surface area contributed by atoms with E-state index in [0.717, 1.165) is 12.8 Å². The van der Waals surface area contributed by atoms with Crippen molar-refractivity contribution in [3.05, 3.63) is 35.4 Å². The van der Waals surface area contributed by atoms with Gasteiger partial charge < -0.3 is 5.73 Å². The summed E-state index contributed by atoms with van der Waals surface area (Å²) in [5.41, 5.74) is 8.96. The molecule has 0 saturated carbocycles. The molecule has 20 heavy (non-hydrogen) atoms. The summed E-state index contributed by atoms with van der Waals surface area (Å²) in [6, 6.07) is 9.05. The van der Waals surface area contributed by atoms with Crippen molar-refractivity contribution in [2.24, 2.45) is 5.73 Å². The first-order valence-electron chi connectivity index (χ1n) is 8.62. The zero-order valence-electron chi connectivity index (χ0n) is 13.5. The Bertz CT molecular complexity index is 328. The largest absolute Gasteiger partial charge is 0.324 e. The second kappa shape index (κ2) is 10.9. The lowest BCUT2D eigenvalue weighted by molar-refractivity contribution is 0.536. The Labute approximate surface area is 126 Å². The van der Waals surface area contributed by atoms with Crippen molar-refractivity contribution in [1.82, 2.24) is 0 Å². The van der Waals surface area contributed by atoms with Crippen LogP contribution in [-0.2, 0) is 6.42 Å². The molecule has 1 unspecified atom stereocenters. The minimum Gasteiger partial charge on any atom is -0.324 e. The topological polar surface area (TPSA) is 26.0 Å². The van der Waals surface area contributed by atoms with Crippen molar-refractivity contribution in [2.75, 3.05) is 0 Å². The third-order valence-corrected chi connectivity index (χ3v) is 4.18. The number of benzene rings is 1. The molecule has 1 nitrogen and oxygen atoms in total. The Balaban J connectivity index is 2.08. The third kappa shape index (κ3) is 7.09. The number of hydrogen-bond acceptors (Lipinski definition) is 1. The van der Waals surface area contributed by atoms with Crippen molar-refractivity contribution >= 4 is 0 Å². The summed E-state index contributed by atoms with van der Waals surface area (Å²) < 4.78 is 0. The fourth-order valence-corrected chi connectivity index (χ4v) is 2.67. The Morgan fingerprint density at radius 1 is 0.800 bits per heavy atom. The standard InChI is InChI=1S/C19H33N/c1-3-5-6-7-8-9-10-11-12-19(20)18-15-13-17(4-2)14-16-18/h13-16,19H,3-12,20H2,1-2H3. The molecule has 0 aliphatic heterocycles. The Hall–Kier alpha value is -0.820. The summed E-state index contributed by atoms with van der Waals surface area (Å²) >= 11 is 0. The summed E-state index contributed by atoms with van der Waals surface area (Å²) in [7, 11) is 0. The normalized spacial score (nSPS) is 12.6. The molecule has 0 heterocycles. The molecule has 0 radical (unpaired) electrons. The van der Waals surface area contributed by atoms with Crippen molar-refractivity contribution in [1.29, 1.82) is 0 Å². The highest BCUT2D eigenvalue weighted by atomic mass is 14.6. The second-order valence-corrected chi connectivity index (χ2v) is 5.97. The lowest BCUT2D eigenvalue weighted by Gasteiger charge is -2.12. The van der Waals surface area contributed by atoms with Crippen LogP contribution in [0.1, 0.15) is 88.8 Å². The van der Waals surface area contributed by atoms with Crippen molar-refractivity contribution < 1.29 is 0 Å². The van der Waals surface area contributed by atoms with E-state index in [-0.39, 0.29) is 6.04 Å². The zero-order valence-corrected chi connectivity index (χ0v) is 13.5. The van der Waals surface area contributed by atoms with Gasteiger partial charge in [-0.3, -0.25) is 0 Å². The minimum atomic E-state index is 0.223. The number of aryl methyl sites for hydroxylation is 1. The molecule has 1 aromatic rings. The van der Waals surface area contributed by atoms with Crippen LogP contribution < -0.4 is 5.73 Å². The minimum absolute atomic E-state index is 0.223. The maximum Gasteiger partial charge on any atom is 0.0294 e. The second-order valence-electron chi connectivity index (χ2n) is 5.97. The lowest BCUT2D eigenvalue weighted by atomic mass is 9.99. The Morgan fingerprint density at radius 2 is 1.35 bits per heavy atom. The molecular formula is C19H33N. The molecule has 1 aromatic carbocycles. The van der Waals surface area contributed by atoms with E-state index in [4.69, 9.17) is 5.73 Å². The van der Waals surface area contributed by atoms with Gasteiger partial charge in [-0.25, -0.2) is 0 Å². The summed E-state index contributed by atoms with van der Waals surface area (Å²) in [4.78, 5) is 0. The van der Waals surface area contributed by atoms with Crippen LogP contribution in [0, 0.1) is 0 Å². The van der Waals surface area contributed by atoms with E-state index in [9.17, 15) is 0 Å². The molecule has 1 rings (SSSR count). The smallest absolute Gasteiger partial charge is 0.0294 e. The number of unbranched alkanes of at least 4 members (excludes halogenated alkanes) is 7. The number of nitrogens with two attached hydrogens (primary N) is 1. The highest BCUT2D eigenvalue weighted by molar-refractivity contribution is 5.24. The molecule has 0 aliphatic rings. The van der Waals surface area contributed by atoms with E-state index in [0.29, 0.717) is 0 Å².